The first-order valence-electron chi connectivity index (χ1n) is 16.3. The first-order chi connectivity index (χ1) is 22.2. The fourth-order valence-corrected chi connectivity index (χ4v) is 7.04. The summed E-state index contributed by atoms with van der Waals surface area (Å²) in [4.78, 5) is 31.3. The van der Waals surface area contributed by atoms with Crippen molar-refractivity contribution in [1.29, 1.82) is 0 Å². The molecule has 3 aromatic rings. The van der Waals surface area contributed by atoms with Crippen LogP contribution in [0.1, 0.15) is 62.1 Å². The van der Waals surface area contributed by atoms with Crippen LogP contribution in [-0.2, 0) is 16.0 Å². The number of para-hydroxylation sites is 2. The lowest BCUT2D eigenvalue weighted by molar-refractivity contribution is -0.143. The predicted octanol–water partition coefficient (Wildman–Crippen LogP) is 6.63. The first kappa shape index (κ1) is 33.3. The van der Waals surface area contributed by atoms with E-state index >= 15 is 0 Å². The Hall–Kier alpha value is -4.11. The van der Waals surface area contributed by atoms with E-state index in [0.717, 1.165) is 49.0 Å². The number of fused-ring (bicyclic) bond motifs is 1. The molecule has 246 valence electrons. The highest BCUT2D eigenvalue weighted by Crippen LogP contribution is 2.41. The Morgan fingerprint density at radius 1 is 1.07 bits per heavy atom. The summed E-state index contributed by atoms with van der Waals surface area (Å²) in [6.45, 7) is 6.91. The number of carbonyl (C=O) groups excluding carboxylic acids is 1. The molecule has 1 amide bonds. The summed E-state index contributed by atoms with van der Waals surface area (Å²) < 4.78 is 31.8. The lowest BCUT2D eigenvalue weighted by Gasteiger charge is -2.35. The molecule has 2 aliphatic heterocycles. The van der Waals surface area contributed by atoms with Gasteiger partial charge in [0, 0.05) is 30.6 Å². The van der Waals surface area contributed by atoms with Gasteiger partial charge in [0.2, 0.25) is 5.91 Å². The molecule has 0 aliphatic carbocycles. The number of nitrogens with zero attached hydrogens (tertiary/aromatic N) is 2. The van der Waals surface area contributed by atoms with Crippen LogP contribution in [0.2, 0.25) is 0 Å². The number of carbonyl (C=O) groups is 2. The predicted molar refractivity (Wildman–Crippen MR) is 176 cm³/mol. The van der Waals surface area contributed by atoms with E-state index in [0.29, 0.717) is 35.9 Å². The normalized spacial score (nSPS) is 19.1. The molecular weight excluding hydrogens is 587 g/mol. The Labute approximate surface area is 271 Å². The van der Waals surface area contributed by atoms with Crippen LogP contribution in [0.3, 0.4) is 0 Å². The van der Waals surface area contributed by atoms with Gasteiger partial charge in [-0.05, 0) is 72.9 Å². The third-order valence-corrected chi connectivity index (χ3v) is 9.29. The molecule has 1 fully saturated rings. The van der Waals surface area contributed by atoms with Crippen molar-refractivity contribution in [1.82, 2.24) is 4.90 Å². The average molecular weight is 633 g/mol. The number of aryl methyl sites for hydroxylation is 1. The van der Waals surface area contributed by atoms with E-state index < -0.39 is 17.9 Å². The molecule has 0 radical (unpaired) electrons. The average Bonchev–Trinajstić information content (AvgIpc) is 3.66. The van der Waals surface area contributed by atoms with Crippen molar-refractivity contribution in [2.75, 3.05) is 38.3 Å². The maximum absolute atomic E-state index is 14.4. The Morgan fingerprint density at radius 2 is 1.80 bits per heavy atom. The Kier molecular flexibility index (Phi) is 10.8. The minimum atomic E-state index is -0.939. The Bertz CT molecular complexity index is 1520. The number of carboxylic acids is 1. The summed E-state index contributed by atoms with van der Waals surface area (Å²) in [5.74, 6) is -0.715. The third-order valence-electron chi connectivity index (χ3n) is 9.29. The van der Waals surface area contributed by atoms with Gasteiger partial charge in [-0.2, -0.15) is 0 Å². The minimum Gasteiger partial charge on any atom is -0.493 e. The van der Waals surface area contributed by atoms with Crippen LogP contribution in [0, 0.1) is 18.7 Å². The molecule has 8 nitrogen and oxygen atoms in total. The molecule has 2 heterocycles. The van der Waals surface area contributed by atoms with E-state index in [4.69, 9.17) is 14.2 Å². The summed E-state index contributed by atoms with van der Waals surface area (Å²) in [6.07, 6.45) is 4.15. The van der Waals surface area contributed by atoms with Gasteiger partial charge in [0.25, 0.3) is 0 Å². The Balaban J connectivity index is 1.50. The van der Waals surface area contributed by atoms with Crippen LogP contribution in [-0.4, -0.2) is 67.4 Å². The largest absolute Gasteiger partial charge is 0.493 e. The molecule has 3 aromatic carbocycles. The molecule has 0 spiro atoms. The molecule has 5 rings (SSSR count). The van der Waals surface area contributed by atoms with Crippen molar-refractivity contribution in [3.8, 4) is 17.2 Å². The number of hydrogen-bond donors (Lipinski definition) is 1. The topological polar surface area (TPSA) is 88.5 Å². The van der Waals surface area contributed by atoms with Gasteiger partial charge in [-0.1, -0.05) is 51.0 Å². The number of benzene rings is 3. The van der Waals surface area contributed by atoms with E-state index in [1.54, 1.807) is 38.3 Å². The molecule has 0 saturated carbocycles. The summed E-state index contributed by atoms with van der Waals surface area (Å²) in [6, 6.07) is 17.3. The zero-order chi connectivity index (χ0) is 32.8. The third kappa shape index (κ3) is 7.15. The number of likely N-dealkylation sites (tertiary alicyclic amines) is 1. The van der Waals surface area contributed by atoms with Gasteiger partial charge in [-0.3, -0.25) is 14.5 Å². The van der Waals surface area contributed by atoms with Crippen LogP contribution in [0.15, 0.2) is 60.7 Å². The maximum Gasteiger partial charge on any atom is 0.308 e. The molecule has 0 bridgehead atoms. The quantitative estimate of drug-likeness (QED) is 0.214. The van der Waals surface area contributed by atoms with Gasteiger partial charge in [0.15, 0.2) is 11.5 Å². The molecule has 9 heteroatoms. The second-order valence-electron chi connectivity index (χ2n) is 12.3. The number of rotatable bonds is 14. The van der Waals surface area contributed by atoms with Crippen LogP contribution >= 0.6 is 0 Å². The van der Waals surface area contributed by atoms with Crippen molar-refractivity contribution in [3.63, 3.8) is 0 Å². The van der Waals surface area contributed by atoms with E-state index in [2.05, 4.69) is 19.9 Å². The highest BCUT2D eigenvalue weighted by molar-refractivity contribution is 5.95. The van der Waals surface area contributed by atoms with Gasteiger partial charge < -0.3 is 24.2 Å². The van der Waals surface area contributed by atoms with Gasteiger partial charge in [0.05, 0.1) is 32.2 Å². The van der Waals surface area contributed by atoms with E-state index in [-0.39, 0.29) is 36.8 Å². The molecule has 0 aromatic heterocycles. The van der Waals surface area contributed by atoms with E-state index in [1.165, 1.54) is 6.07 Å². The van der Waals surface area contributed by atoms with Crippen molar-refractivity contribution in [3.05, 3.63) is 83.2 Å². The number of aliphatic carboxylic acids is 1. The zero-order valence-electron chi connectivity index (χ0n) is 27.2. The van der Waals surface area contributed by atoms with Gasteiger partial charge in [-0.15, -0.1) is 0 Å². The number of carboxylic acid groups (broad SMARTS) is 1. The van der Waals surface area contributed by atoms with Crippen molar-refractivity contribution in [2.24, 2.45) is 5.92 Å². The number of amides is 1. The maximum atomic E-state index is 14.4. The minimum absolute atomic E-state index is 0.00532. The fourth-order valence-electron chi connectivity index (χ4n) is 7.04. The van der Waals surface area contributed by atoms with Crippen molar-refractivity contribution < 1.29 is 33.3 Å². The monoisotopic (exact) mass is 632 g/mol. The van der Waals surface area contributed by atoms with Crippen LogP contribution in [0.4, 0.5) is 10.1 Å². The van der Waals surface area contributed by atoms with Crippen molar-refractivity contribution >= 4 is 17.6 Å². The lowest BCUT2D eigenvalue weighted by atomic mass is 9.84. The van der Waals surface area contributed by atoms with E-state index in [1.807, 2.05) is 34.1 Å². The van der Waals surface area contributed by atoms with Crippen LogP contribution < -0.4 is 19.1 Å². The second kappa shape index (κ2) is 15.0. The lowest BCUT2D eigenvalue weighted by Crippen LogP contribution is -2.49. The van der Waals surface area contributed by atoms with Gasteiger partial charge in [0.1, 0.15) is 18.2 Å². The number of hydrogen-bond acceptors (Lipinski definition) is 6. The molecule has 46 heavy (non-hydrogen) atoms. The van der Waals surface area contributed by atoms with Crippen molar-refractivity contribution in [2.45, 2.75) is 70.9 Å². The van der Waals surface area contributed by atoms with E-state index in [9.17, 15) is 19.1 Å². The fraction of sp³-hybridized carbons (Fsp3) is 0.459. The molecule has 1 saturated heterocycles. The highest BCUT2D eigenvalue weighted by Gasteiger charge is 2.48. The zero-order valence-corrected chi connectivity index (χ0v) is 27.2. The SMILES string of the molecule is CCCC(CCC)N(C(=O)CN1C[C@H](c2ccc3c(c2)CCO3)[C@@H](C(=O)O)[C@@H]1COc1ccccc1OC)c1ccc(F)c(C)c1. The molecule has 0 unspecified atom stereocenters. The van der Waals surface area contributed by atoms with Gasteiger partial charge in [-0.25, -0.2) is 4.39 Å². The summed E-state index contributed by atoms with van der Waals surface area (Å²) in [5, 5.41) is 10.7. The van der Waals surface area contributed by atoms with Crippen LogP contribution in [0.25, 0.3) is 0 Å². The van der Waals surface area contributed by atoms with Gasteiger partial charge >= 0.3 is 5.97 Å². The first-order valence-corrected chi connectivity index (χ1v) is 16.3. The molecule has 3 atom stereocenters. The number of anilines is 1. The number of halogens is 1. The van der Waals surface area contributed by atoms with Crippen LogP contribution in [0.5, 0.6) is 17.2 Å². The Morgan fingerprint density at radius 3 is 2.48 bits per heavy atom. The standard InChI is InChI=1S/C37H45FN2O6/c1-5-9-27(10-6-2)40(28-14-15-30(38)24(3)19-28)35(41)22-39-21-29(25-13-16-32-26(20-25)17-18-45-32)36(37(42)43)31(39)23-46-34-12-8-7-11-33(34)44-4/h7-8,11-16,19-20,27,29,31,36H,5-6,9-10,17-18,21-23H2,1-4H3,(H,42,43)/t29-,31+,36-/m1/s1. The summed E-state index contributed by atoms with van der Waals surface area (Å²) in [5.41, 5.74) is 3.10. The number of ether oxygens (including phenoxy) is 3. The molecular formula is C37H45FN2O6. The highest BCUT2D eigenvalue weighted by atomic mass is 19.1. The summed E-state index contributed by atoms with van der Waals surface area (Å²) >= 11 is 0. The molecule has 2 aliphatic rings. The smallest absolute Gasteiger partial charge is 0.308 e. The number of methoxy groups -OCH3 is 1. The molecule has 1 N–H and O–H groups in total. The second-order valence-corrected chi connectivity index (χ2v) is 12.3. The summed E-state index contributed by atoms with van der Waals surface area (Å²) in [7, 11) is 1.56.